The second-order valence-electron chi connectivity index (χ2n) is 5.08. The summed E-state index contributed by atoms with van der Waals surface area (Å²) in [7, 11) is 0. The topological polar surface area (TPSA) is 46.0 Å². The molecule has 17 heavy (non-hydrogen) atoms. The van der Waals surface area contributed by atoms with Crippen molar-refractivity contribution in [1.82, 2.24) is 25.0 Å². The molecule has 0 spiro atoms. The van der Waals surface area contributed by atoms with E-state index in [1.54, 1.807) is 0 Å². The fraction of sp³-hybridized carbons (Fsp3) is 0.833. The molecule has 0 fully saturated rings. The molecule has 1 aliphatic rings. The molecule has 1 atom stereocenters. The van der Waals surface area contributed by atoms with Gasteiger partial charge in [-0.1, -0.05) is 20.8 Å². The summed E-state index contributed by atoms with van der Waals surface area (Å²) in [5.74, 6) is 1.75. The molecular weight excluding hydrogens is 214 g/mol. The number of nitrogens with one attached hydrogen (secondary N) is 1. The summed E-state index contributed by atoms with van der Waals surface area (Å²) in [6.07, 6.45) is 1.83. The maximum atomic E-state index is 4.16. The van der Waals surface area contributed by atoms with Gasteiger partial charge in [0, 0.05) is 25.7 Å². The summed E-state index contributed by atoms with van der Waals surface area (Å²) in [4.78, 5) is 2.47. The molecule has 5 heteroatoms. The predicted molar refractivity (Wildman–Crippen MR) is 67.6 cm³/mol. The first kappa shape index (κ1) is 12.5. The van der Waals surface area contributed by atoms with Gasteiger partial charge in [0.15, 0.2) is 0 Å². The maximum Gasteiger partial charge on any atom is 0.147 e. The molecule has 0 saturated carbocycles. The Kier molecular flexibility index (Phi) is 4.12. The van der Waals surface area contributed by atoms with Crippen LogP contribution in [0.3, 0.4) is 0 Å². The summed E-state index contributed by atoms with van der Waals surface area (Å²) >= 11 is 0. The SMILES string of the molecule is CCNC(CN1CCn2cnnc2C1)C(C)C. The smallest absolute Gasteiger partial charge is 0.147 e. The zero-order valence-corrected chi connectivity index (χ0v) is 11.1. The lowest BCUT2D eigenvalue weighted by Crippen LogP contribution is -2.46. The van der Waals surface area contributed by atoms with Gasteiger partial charge in [0.05, 0.1) is 6.54 Å². The van der Waals surface area contributed by atoms with Crippen LogP contribution in [0.25, 0.3) is 0 Å². The first-order valence-corrected chi connectivity index (χ1v) is 6.53. The second kappa shape index (κ2) is 5.60. The van der Waals surface area contributed by atoms with E-state index in [0.717, 1.165) is 38.5 Å². The standard InChI is InChI=1S/C12H23N5/c1-4-13-11(10(2)3)7-16-5-6-17-9-14-15-12(17)8-16/h9-11,13H,4-8H2,1-3H3. The summed E-state index contributed by atoms with van der Waals surface area (Å²) in [5, 5.41) is 11.7. The van der Waals surface area contributed by atoms with Crippen LogP contribution in [0.5, 0.6) is 0 Å². The van der Waals surface area contributed by atoms with Crippen LogP contribution in [0.4, 0.5) is 0 Å². The Labute approximate surface area is 103 Å². The van der Waals surface area contributed by atoms with E-state index < -0.39 is 0 Å². The Morgan fingerprint density at radius 3 is 2.94 bits per heavy atom. The Morgan fingerprint density at radius 1 is 1.41 bits per heavy atom. The number of aromatic nitrogens is 3. The van der Waals surface area contributed by atoms with Gasteiger partial charge in [0.2, 0.25) is 0 Å². The average molecular weight is 237 g/mol. The van der Waals surface area contributed by atoms with Crippen LogP contribution in [0, 0.1) is 5.92 Å². The molecule has 0 radical (unpaired) electrons. The third kappa shape index (κ3) is 3.04. The van der Waals surface area contributed by atoms with Crippen molar-refractivity contribution >= 4 is 0 Å². The van der Waals surface area contributed by atoms with Gasteiger partial charge in [0.25, 0.3) is 0 Å². The Balaban J connectivity index is 1.92. The van der Waals surface area contributed by atoms with Gasteiger partial charge in [0.1, 0.15) is 12.2 Å². The molecule has 96 valence electrons. The highest BCUT2D eigenvalue weighted by Crippen LogP contribution is 2.11. The molecule has 1 aromatic rings. The number of nitrogens with zero attached hydrogens (tertiary/aromatic N) is 4. The van der Waals surface area contributed by atoms with Crippen LogP contribution in [-0.2, 0) is 13.1 Å². The summed E-state index contributed by atoms with van der Waals surface area (Å²) in [6, 6.07) is 0.564. The lowest BCUT2D eigenvalue weighted by atomic mass is 10.0. The van der Waals surface area contributed by atoms with Crippen LogP contribution in [0.2, 0.25) is 0 Å². The van der Waals surface area contributed by atoms with Crippen molar-refractivity contribution < 1.29 is 0 Å². The number of hydrogen-bond donors (Lipinski definition) is 1. The minimum atomic E-state index is 0.564. The van der Waals surface area contributed by atoms with Crippen LogP contribution < -0.4 is 5.32 Å². The summed E-state index contributed by atoms with van der Waals surface area (Å²) in [6.45, 7) is 11.9. The van der Waals surface area contributed by atoms with Crippen LogP contribution in [0.15, 0.2) is 6.33 Å². The highest BCUT2D eigenvalue weighted by molar-refractivity contribution is 4.91. The number of hydrogen-bond acceptors (Lipinski definition) is 4. The van der Waals surface area contributed by atoms with E-state index >= 15 is 0 Å². The van der Waals surface area contributed by atoms with Gasteiger partial charge in [-0.25, -0.2) is 0 Å². The Hall–Kier alpha value is -0.940. The van der Waals surface area contributed by atoms with E-state index in [0.29, 0.717) is 12.0 Å². The number of fused-ring (bicyclic) bond motifs is 1. The normalized spacial score (nSPS) is 18.4. The third-order valence-electron chi connectivity index (χ3n) is 3.44. The largest absolute Gasteiger partial charge is 0.315 e. The lowest BCUT2D eigenvalue weighted by molar-refractivity contribution is 0.178. The monoisotopic (exact) mass is 237 g/mol. The molecule has 1 N–H and O–H groups in total. The molecule has 0 aliphatic carbocycles. The first-order valence-electron chi connectivity index (χ1n) is 6.53. The van der Waals surface area contributed by atoms with E-state index in [-0.39, 0.29) is 0 Å². The van der Waals surface area contributed by atoms with Crippen molar-refractivity contribution in [3.8, 4) is 0 Å². The van der Waals surface area contributed by atoms with Gasteiger partial charge >= 0.3 is 0 Å². The summed E-state index contributed by atoms with van der Waals surface area (Å²) in [5.41, 5.74) is 0. The lowest BCUT2D eigenvalue weighted by Gasteiger charge is -2.32. The molecule has 1 aromatic heterocycles. The number of likely N-dealkylation sites (N-methyl/N-ethyl adjacent to an activating group) is 1. The van der Waals surface area contributed by atoms with Crippen molar-refractivity contribution in [2.75, 3.05) is 19.6 Å². The van der Waals surface area contributed by atoms with Crippen LogP contribution in [0.1, 0.15) is 26.6 Å². The van der Waals surface area contributed by atoms with Crippen molar-refractivity contribution in [2.45, 2.75) is 39.9 Å². The van der Waals surface area contributed by atoms with E-state index in [2.05, 4.69) is 45.8 Å². The minimum Gasteiger partial charge on any atom is -0.315 e. The van der Waals surface area contributed by atoms with Gasteiger partial charge in [-0.15, -0.1) is 10.2 Å². The highest BCUT2D eigenvalue weighted by Gasteiger charge is 2.21. The van der Waals surface area contributed by atoms with Crippen LogP contribution >= 0.6 is 0 Å². The quantitative estimate of drug-likeness (QED) is 0.820. The molecule has 1 aliphatic heterocycles. The molecule has 2 rings (SSSR count). The first-order chi connectivity index (χ1) is 8.20. The molecule has 2 heterocycles. The third-order valence-corrected chi connectivity index (χ3v) is 3.44. The average Bonchev–Trinajstić information content (AvgIpc) is 2.75. The van der Waals surface area contributed by atoms with Gasteiger partial charge in [-0.3, -0.25) is 4.90 Å². The zero-order chi connectivity index (χ0) is 12.3. The predicted octanol–water partition coefficient (Wildman–Crippen LogP) is 0.728. The van der Waals surface area contributed by atoms with Crippen molar-refractivity contribution in [3.05, 3.63) is 12.2 Å². The second-order valence-corrected chi connectivity index (χ2v) is 5.08. The van der Waals surface area contributed by atoms with Crippen LogP contribution in [-0.4, -0.2) is 45.3 Å². The van der Waals surface area contributed by atoms with E-state index in [1.165, 1.54) is 0 Å². The van der Waals surface area contributed by atoms with E-state index in [4.69, 9.17) is 0 Å². The number of rotatable bonds is 5. The zero-order valence-electron chi connectivity index (χ0n) is 11.1. The Bertz CT molecular complexity index is 346. The Morgan fingerprint density at radius 2 is 2.24 bits per heavy atom. The van der Waals surface area contributed by atoms with Crippen molar-refractivity contribution in [3.63, 3.8) is 0 Å². The summed E-state index contributed by atoms with van der Waals surface area (Å²) < 4.78 is 2.15. The van der Waals surface area contributed by atoms with Crippen molar-refractivity contribution in [1.29, 1.82) is 0 Å². The van der Waals surface area contributed by atoms with Gasteiger partial charge in [-0.05, 0) is 12.5 Å². The van der Waals surface area contributed by atoms with Crippen molar-refractivity contribution in [2.24, 2.45) is 5.92 Å². The van der Waals surface area contributed by atoms with Gasteiger partial charge in [-0.2, -0.15) is 0 Å². The van der Waals surface area contributed by atoms with E-state index in [9.17, 15) is 0 Å². The molecular formula is C12H23N5. The molecule has 5 nitrogen and oxygen atoms in total. The van der Waals surface area contributed by atoms with E-state index in [1.807, 2.05) is 6.33 Å². The molecule has 0 aromatic carbocycles. The maximum absolute atomic E-state index is 4.16. The highest BCUT2D eigenvalue weighted by atomic mass is 15.3. The molecule has 1 unspecified atom stereocenters. The molecule has 0 saturated heterocycles. The molecule has 0 amide bonds. The molecule has 0 bridgehead atoms. The van der Waals surface area contributed by atoms with Gasteiger partial charge < -0.3 is 9.88 Å². The minimum absolute atomic E-state index is 0.564. The fourth-order valence-corrected chi connectivity index (χ4v) is 2.32. The fourth-order valence-electron chi connectivity index (χ4n) is 2.32.